The molecule has 166 valence electrons. The summed E-state index contributed by atoms with van der Waals surface area (Å²) in [5.41, 5.74) is 3.17. The van der Waals surface area contributed by atoms with Crippen molar-refractivity contribution in [3.63, 3.8) is 0 Å². The van der Waals surface area contributed by atoms with Crippen molar-refractivity contribution in [2.75, 3.05) is 19.7 Å². The highest BCUT2D eigenvalue weighted by Gasteiger charge is 2.32. The van der Waals surface area contributed by atoms with E-state index in [1.807, 2.05) is 53.4 Å². The van der Waals surface area contributed by atoms with Crippen molar-refractivity contribution in [3.8, 4) is 11.3 Å². The molecule has 1 saturated heterocycles. The van der Waals surface area contributed by atoms with Crippen molar-refractivity contribution in [2.45, 2.75) is 32.5 Å². The molecule has 0 radical (unpaired) electrons. The molecule has 1 aromatic heterocycles. The van der Waals surface area contributed by atoms with E-state index >= 15 is 0 Å². The molecule has 0 saturated carbocycles. The smallest absolute Gasteiger partial charge is 0.253 e. The molecule has 1 fully saturated rings. The number of aliphatic hydroxyl groups is 1. The van der Waals surface area contributed by atoms with Crippen molar-refractivity contribution < 1.29 is 19.1 Å². The van der Waals surface area contributed by atoms with Crippen LogP contribution in [-0.4, -0.2) is 58.4 Å². The summed E-state index contributed by atoms with van der Waals surface area (Å²) in [4.78, 5) is 29.2. The van der Waals surface area contributed by atoms with Crippen LogP contribution < -0.4 is 0 Å². The molecule has 1 N–H and O–H groups in total. The third kappa shape index (κ3) is 4.66. The Kier molecular flexibility index (Phi) is 6.53. The maximum Gasteiger partial charge on any atom is 0.253 e. The van der Waals surface area contributed by atoms with E-state index < -0.39 is 6.61 Å². The lowest BCUT2D eigenvalue weighted by Gasteiger charge is -2.44. The Hall–Kier alpha value is -3.22. The standard InChI is InChI=1S/C26H28N2O4/c1-18-14-27(26(31)23-6-3-5-22(13-23)25-7-4-12-32-25)15-19(2)28(18)16-20-8-10-21(11-9-20)24(30)17-29/h3-13,18-19,29H,14-17H2,1-2H3/t18-,19+. The molecule has 1 aliphatic rings. The summed E-state index contributed by atoms with van der Waals surface area (Å²) in [7, 11) is 0. The molecule has 32 heavy (non-hydrogen) atoms. The van der Waals surface area contributed by atoms with E-state index in [0.29, 0.717) is 24.2 Å². The molecular formula is C26H28N2O4. The summed E-state index contributed by atoms with van der Waals surface area (Å²) in [6.45, 7) is 5.84. The second kappa shape index (κ2) is 9.51. The van der Waals surface area contributed by atoms with E-state index in [2.05, 4.69) is 18.7 Å². The summed E-state index contributed by atoms with van der Waals surface area (Å²) in [6, 6.07) is 19.1. The number of ketones is 1. The monoisotopic (exact) mass is 432 g/mol. The summed E-state index contributed by atoms with van der Waals surface area (Å²) >= 11 is 0. The van der Waals surface area contributed by atoms with Gasteiger partial charge in [-0.3, -0.25) is 14.5 Å². The quantitative estimate of drug-likeness (QED) is 0.599. The fraction of sp³-hybridized carbons (Fsp3) is 0.308. The highest BCUT2D eigenvalue weighted by molar-refractivity contribution is 5.97. The second-order valence-electron chi connectivity index (χ2n) is 8.42. The molecule has 6 heteroatoms. The van der Waals surface area contributed by atoms with Gasteiger partial charge in [-0.2, -0.15) is 0 Å². The Morgan fingerprint density at radius 2 is 1.69 bits per heavy atom. The third-order valence-corrected chi connectivity index (χ3v) is 6.09. The zero-order valence-corrected chi connectivity index (χ0v) is 18.4. The van der Waals surface area contributed by atoms with Gasteiger partial charge in [-0.25, -0.2) is 0 Å². The molecule has 0 bridgehead atoms. The van der Waals surface area contributed by atoms with Crippen LogP contribution in [0.15, 0.2) is 71.3 Å². The molecule has 1 aliphatic heterocycles. The van der Waals surface area contributed by atoms with Crippen molar-refractivity contribution >= 4 is 11.7 Å². The fourth-order valence-electron chi connectivity index (χ4n) is 4.36. The van der Waals surface area contributed by atoms with E-state index in [0.717, 1.165) is 23.4 Å². The summed E-state index contributed by atoms with van der Waals surface area (Å²) in [5, 5.41) is 9.01. The van der Waals surface area contributed by atoms with Crippen LogP contribution in [-0.2, 0) is 6.54 Å². The zero-order valence-electron chi connectivity index (χ0n) is 18.4. The number of benzene rings is 2. The second-order valence-corrected chi connectivity index (χ2v) is 8.42. The maximum absolute atomic E-state index is 13.2. The van der Waals surface area contributed by atoms with Gasteiger partial charge in [0.05, 0.1) is 6.26 Å². The predicted molar refractivity (Wildman–Crippen MR) is 122 cm³/mol. The zero-order chi connectivity index (χ0) is 22.7. The number of Topliss-reactive ketones (excluding diaryl/α,β-unsaturated/α-hetero) is 1. The Bertz CT molecular complexity index is 1060. The van der Waals surface area contributed by atoms with Gasteiger partial charge in [0, 0.05) is 48.4 Å². The Balaban J connectivity index is 1.43. The van der Waals surface area contributed by atoms with Crippen molar-refractivity contribution in [2.24, 2.45) is 0 Å². The van der Waals surface area contributed by atoms with Crippen LogP contribution in [0.3, 0.4) is 0 Å². The maximum atomic E-state index is 13.2. The highest BCUT2D eigenvalue weighted by Crippen LogP contribution is 2.24. The first-order valence-corrected chi connectivity index (χ1v) is 10.9. The van der Waals surface area contributed by atoms with Gasteiger partial charge in [-0.1, -0.05) is 36.4 Å². The number of carbonyl (C=O) groups excluding carboxylic acids is 2. The van der Waals surface area contributed by atoms with Crippen LogP contribution in [0.2, 0.25) is 0 Å². The highest BCUT2D eigenvalue weighted by atomic mass is 16.3. The Labute approximate surface area is 188 Å². The minimum Gasteiger partial charge on any atom is -0.464 e. The van der Waals surface area contributed by atoms with E-state index in [1.54, 1.807) is 18.4 Å². The Morgan fingerprint density at radius 1 is 0.969 bits per heavy atom. The first-order chi connectivity index (χ1) is 15.5. The van der Waals surface area contributed by atoms with E-state index in [-0.39, 0.29) is 23.8 Å². The van der Waals surface area contributed by atoms with Gasteiger partial charge in [0.25, 0.3) is 5.91 Å². The molecule has 0 unspecified atom stereocenters. The number of piperazine rings is 1. The average Bonchev–Trinajstić information content (AvgIpc) is 3.36. The SMILES string of the molecule is C[C@@H]1CN(C(=O)c2cccc(-c3ccco3)c2)C[C@H](C)N1Cc1ccc(C(=O)CO)cc1. The number of hydrogen-bond acceptors (Lipinski definition) is 5. The first-order valence-electron chi connectivity index (χ1n) is 10.9. The van der Waals surface area contributed by atoms with Crippen LogP contribution in [0, 0.1) is 0 Å². The number of hydrogen-bond donors (Lipinski definition) is 1. The predicted octanol–water partition coefficient (Wildman–Crippen LogP) is 3.86. The summed E-state index contributed by atoms with van der Waals surface area (Å²) in [5.74, 6) is 0.503. The lowest BCUT2D eigenvalue weighted by atomic mass is 10.0. The van der Waals surface area contributed by atoms with Crippen molar-refractivity contribution in [1.82, 2.24) is 9.80 Å². The molecule has 2 heterocycles. The normalized spacial score (nSPS) is 19.2. The lowest BCUT2D eigenvalue weighted by molar-refractivity contribution is 0.0270. The minimum atomic E-state index is -0.478. The molecule has 2 atom stereocenters. The topological polar surface area (TPSA) is 74.0 Å². The van der Waals surface area contributed by atoms with Crippen molar-refractivity contribution in [3.05, 3.63) is 83.6 Å². The van der Waals surface area contributed by atoms with Crippen LogP contribution >= 0.6 is 0 Å². The summed E-state index contributed by atoms with van der Waals surface area (Å²) in [6.07, 6.45) is 1.63. The van der Waals surface area contributed by atoms with Gasteiger partial charge < -0.3 is 14.4 Å². The number of aliphatic hydroxyl groups excluding tert-OH is 1. The van der Waals surface area contributed by atoms with Crippen LogP contribution in [0.5, 0.6) is 0 Å². The number of nitrogens with zero attached hydrogens (tertiary/aromatic N) is 2. The van der Waals surface area contributed by atoms with E-state index in [4.69, 9.17) is 9.52 Å². The fourth-order valence-corrected chi connectivity index (χ4v) is 4.36. The molecule has 0 spiro atoms. The minimum absolute atomic E-state index is 0.0311. The Morgan fingerprint density at radius 3 is 2.31 bits per heavy atom. The van der Waals surface area contributed by atoms with Crippen LogP contribution in [0.4, 0.5) is 0 Å². The largest absolute Gasteiger partial charge is 0.464 e. The molecule has 4 rings (SSSR count). The van der Waals surface area contributed by atoms with Gasteiger partial charge in [0.2, 0.25) is 0 Å². The summed E-state index contributed by atoms with van der Waals surface area (Å²) < 4.78 is 5.47. The van der Waals surface area contributed by atoms with E-state index in [9.17, 15) is 9.59 Å². The van der Waals surface area contributed by atoms with Crippen molar-refractivity contribution in [1.29, 1.82) is 0 Å². The van der Waals surface area contributed by atoms with Crippen LogP contribution in [0.25, 0.3) is 11.3 Å². The molecule has 0 aliphatic carbocycles. The molecule has 3 aromatic rings. The van der Waals surface area contributed by atoms with Gasteiger partial charge >= 0.3 is 0 Å². The molecular weight excluding hydrogens is 404 g/mol. The van der Waals surface area contributed by atoms with Gasteiger partial charge in [0.15, 0.2) is 5.78 Å². The number of amides is 1. The molecule has 6 nitrogen and oxygen atoms in total. The number of furan rings is 1. The molecule has 2 aromatic carbocycles. The van der Waals surface area contributed by atoms with E-state index in [1.165, 1.54) is 0 Å². The number of rotatable bonds is 6. The average molecular weight is 433 g/mol. The van der Waals surface area contributed by atoms with Gasteiger partial charge in [-0.05, 0) is 43.7 Å². The van der Waals surface area contributed by atoms with Gasteiger partial charge in [-0.15, -0.1) is 0 Å². The number of carbonyl (C=O) groups is 2. The van der Waals surface area contributed by atoms with Gasteiger partial charge in [0.1, 0.15) is 12.4 Å². The molecule has 1 amide bonds. The first kappa shape index (κ1) is 22.0. The lowest BCUT2D eigenvalue weighted by Crippen LogP contribution is -2.57. The third-order valence-electron chi connectivity index (χ3n) is 6.09. The van der Waals surface area contributed by atoms with Crippen LogP contribution in [0.1, 0.15) is 40.1 Å².